The van der Waals surface area contributed by atoms with Gasteiger partial charge >= 0.3 is 0 Å². The maximum absolute atomic E-state index is 4.45. The third-order valence-corrected chi connectivity index (χ3v) is 3.78. The summed E-state index contributed by atoms with van der Waals surface area (Å²) in [5.41, 5.74) is 4.63. The van der Waals surface area contributed by atoms with Crippen LogP contribution >= 0.6 is 0 Å². The zero-order valence-electron chi connectivity index (χ0n) is 8.69. The van der Waals surface area contributed by atoms with Gasteiger partial charge in [-0.05, 0) is 44.7 Å². The average Bonchev–Trinajstić information content (AvgIpc) is 2.66. The number of rotatable bonds is 3. The largest absolute Gasteiger partial charge is 0.314 e. The van der Waals surface area contributed by atoms with Crippen molar-refractivity contribution in [3.8, 4) is 0 Å². The van der Waals surface area contributed by atoms with Gasteiger partial charge in [0.1, 0.15) is 0 Å². The molecule has 0 aliphatic heterocycles. The molecule has 0 saturated heterocycles. The smallest absolute Gasteiger partial charge is 0.0675 e. The van der Waals surface area contributed by atoms with Crippen LogP contribution in [0.5, 0.6) is 0 Å². The first-order chi connectivity index (χ1) is 6.83. The number of aryl methyl sites for hydroxylation is 1. The molecule has 1 aromatic rings. The topological polar surface area (TPSA) is 40.7 Å². The SMILES string of the molecule is CNC1(Cc2n[nH]c3c2CCC3)CC1. The highest BCUT2D eigenvalue weighted by Gasteiger charge is 2.42. The zero-order chi connectivity index (χ0) is 9.60. The molecule has 0 amide bonds. The van der Waals surface area contributed by atoms with E-state index in [2.05, 4.69) is 22.6 Å². The molecule has 1 aromatic heterocycles. The van der Waals surface area contributed by atoms with Gasteiger partial charge in [-0.15, -0.1) is 0 Å². The number of aromatic nitrogens is 2. The van der Waals surface area contributed by atoms with E-state index in [9.17, 15) is 0 Å². The van der Waals surface area contributed by atoms with Crippen molar-refractivity contribution < 1.29 is 0 Å². The normalized spacial score (nSPS) is 22.4. The predicted molar refractivity (Wildman–Crippen MR) is 55.3 cm³/mol. The number of likely N-dealkylation sites (N-methyl/N-ethyl adjacent to an activating group) is 1. The maximum atomic E-state index is 4.45. The molecule has 3 heteroatoms. The van der Waals surface area contributed by atoms with Crippen molar-refractivity contribution in [1.29, 1.82) is 0 Å². The highest BCUT2D eigenvalue weighted by Crippen LogP contribution is 2.39. The van der Waals surface area contributed by atoms with E-state index in [1.165, 1.54) is 49.1 Å². The first-order valence-corrected chi connectivity index (χ1v) is 5.57. The Bertz CT molecular complexity index is 349. The first-order valence-electron chi connectivity index (χ1n) is 5.57. The molecule has 2 aliphatic rings. The third kappa shape index (κ3) is 1.19. The van der Waals surface area contributed by atoms with Crippen LogP contribution in [0.3, 0.4) is 0 Å². The minimum Gasteiger partial charge on any atom is -0.314 e. The standard InChI is InChI=1S/C11H17N3/c1-12-11(5-6-11)7-10-8-3-2-4-9(8)13-14-10/h12H,2-7H2,1H3,(H,13,14). The summed E-state index contributed by atoms with van der Waals surface area (Å²) in [4.78, 5) is 0. The van der Waals surface area contributed by atoms with Crippen LogP contribution in [0.1, 0.15) is 36.2 Å². The monoisotopic (exact) mass is 191 g/mol. The molecule has 0 spiro atoms. The van der Waals surface area contributed by atoms with E-state index < -0.39 is 0 Å². The Hall–Kier alpha value is -0.830. The van der Waals surface area contributed by atoms with Gasteiger partial charge < -0.3 is 5.32 Å². The lowest BCUT2D eigenvalue weighted by molar-refractivity contribution is 0.539. The zero-order valence-corrected chi connectivity index (χ0v) is 8.69. The summed E-state index contributed by atoms with van der Waals surface area (Å²) in [6.07, 6.45) is 7.49. The Labute approximate surface area is 84.3 Å². The molecule has 0 aromatic carbocycles. The summed E-state index contributed by atoms with van der Waals surface area (Å²) in [6.45, 7) is 0. The molecule has 76 valence electrons. The summed E-state index contributed by atoms with van der Waals surface area (Å²) in [5.74, 6) is 0. The van der Waals surface area contributed by atoms with E-state index in [0.717, 1.165) is 6.42 Å². The van der Waals surface area contributed by atoms with Crippen molar-refractivity contribution in [2.75, 3.05) is 7.05 Å². The molecule has 1 fully saturated rings. The lowest BCUT2D eigenvalue weighted by Crippen LogP contribution is -2.30. The summed E-state index contributed by atoms with van der Waals surface area (Å²) in [5, 5.41) is 11.1. The van der Waals surface area contributed by atoms with Crippen LogP contribution in [-0.4, -0.2) is 22.8 Å². The van der Waals surface area contributed by atoms with Crippen molar-refractivity contribution >= 4 is 0 Å². The number of nitrogens with one attached hydrogen (secondary N) is 2. The second-order valence-corrected chi connectivity index (χ2v) is 4.69. The molecule has 0 radical (unpaired) electrons. The fourth-order valence-electron chi connectivity index (χ4n) is 2.52. The van der Waals surface area contributed by atoms with Gasteiger partial charge in [-0.3, -0.25) is 5.10 Å². The second-order valence-electron chi connectivity index (χ2n) is 4.69. The molecule has 3 rings (SSSR count). The molecular weight excluding hydrogens is 174 g/mol. The van der Waals surface area contributed by atoms with Gasteiger partial charge in [-0.2, -0.15) is 5.10 Å². The summed E-state index contributed by atoms with van der Waals surface area (Å²) >= 11 is 0. The van der Waals surface area contributed by atoms with Gasteiger partial charge in [-0.25, -0.2) is 0 Å². The lowest BCUT2D eigenvalue weighted by atomic mass is 10.1. The molecule has 1 heterocycles. The second kappa shape index (κ2) is 2.83. The Morgan fingerprint density at radius 1 is 1.43 bits per heavy atom. The van der Waals surface area contributed by atoms with E-state index >= 15 is 0 Å². The molecule has 0 unspecified atom stereocenters. The number of hydrogen-bond donors (Lipinski definition) is 2. The molecule has 0 bridgehead atoms. The summed E-state index contributed by atoms with van der Waals surface area (Å²) in [7, 11) is 2.07. The Morgan fingerprint density at radius 3 is 3.00 bits per heavy atom. The molecule has 14 heavy (non-hydrogen) atoms. The highest BCUT2D eigenvalue weighted by atomic mass is 15.1. The fourth-order valence-corrected chi connectivity index (χ4v) is 2.52. The van der Waals surface area contributed by atoms with Crippen LogP contribution in [0, 0.1) is 0 Å². The Kier molecular flexibility index (Phi) is 1.71. The number of fused-ring (bicyclic) bond motifs is 1. The van der Waals surface area contributed by atoms with Gasteiger partial charge in [0, 0.05) is 17.7 Å². The lowest BCUT2D eigenvalue weighted by Gasteiger charge is -2.12. The van der Waals surface area contributed by atoms with Gasteiger partial charge in [0.2, 0.25) is 0 Å². The molecule has 3 nitrogen and oxygen atoms in total. The van der Waals surface area contributed by atoms with Crippen molar-refractivity contribution in [2.24, 2.45) is 0 Å². The van der Waals surface area contributed by atoms with Gasteiger partial charge in [-0.1, -0.05) is 0 Å². The molecule has 1 saturated carbocycles. The van der Waals surface area contributed by atoms with E-state index in [-0.39, 0.29) is 0 Å². The first kappa shape index (κ1) is 8.48. The van der Waals surface area contributed by atoms with E-state index in [0.29, 0.717) is 5.54 Å². The number of nitrogens with zero attached hydrogens (tertiary/aromatic N) is 1. The van der Waals surface area contributed by atoms with E-state index in [1.54, 1.807) is 0 Å². The molecular formula is C11H17N3. The van der Waals surface area contributed by atoms with E-state index in [4.69, 9.17) is 0 Å². The van der Waals surface area contributed by atoms with Crippen LogP contribution in [0.2, 0.25) is 0 Å². The highest BCUT2D eigenvalue weighted by molar-refractivity contribution is 5.31. The van der Waals surface area contributed by atoms with E-state index in [1.807, 2.05) is 0 Å². The quantitative estimate of drug-likeness (QED) is 0.753. The van der Waals surface area contributed by atoms with Crippen molar-refractivity contribution in [2.45, 2.75) is 44.1 Å². The minimum absolute atomic E-state index is 0.394. The van der Waals surface area contributed by atoms with Crippen LogP contribution in [-0.2, 0) is 19.3 Å². The number of H-pyrrole nitrogens is 1. The van der Waals surface area contributed by atoms with Crippen LogP contribution in [0.25, 0.3) is 0 Å². The Morgan fingerprint density at radius 2 is 2.29 bits per heavy atom. The average molecular weight is 191 g/mol. The third-order valence-electron chi connectivity index (χ3n) is 3.78. The molecule has 2 N–H and O–H groups in total. The predicted octanol–water partition coefficient (Wildman–Crippen LogP) is 1.19. The fraction of sp³-hybridized carbons (Fsp3) is 0.727. The molecule has 0 atom stereocenters. The van der Waals surface area contributed by atoms with Gasteiger partial charge in [0.15, 0.2) is 0 Å². The van der Waals surface area contributed by atoms with Gasteiger partial charge in [0.25, 0.3) is 0 Å². The van der Waals surface area contributed by atoms with Crippen LogP contribution in [0.15, 0.2) is 0 Å². The Balaban J connectivity index is 1.83. The summed E-state index contributed by atoms with van der Waals surface area (Å²) < 4.78 is 0. The van der Waals surface area contributed by atoms with Crippen molar-refractivity contribution in [3.05, 3.63) is 17.0 Å². The van der Waals surface area contributed by atoms with Crippen molar-refractivity contribution in [1.82, 2.24) is 15.5 Å². The number of aromatic amines is 1. The van der Waals surface area contributed by atoms with Crippen molar-refractivity contribution in [3.63, 3.8) is 0 Å². The summed E-state index contributed by atoms with van der Waals surface area (Å²) in [6, 6.07) is 0. The van der Waals surface area contributed by atoms with Gasteiger partial charge in [0.05, 0.1) is 5.69 Å². The minimum atomic E-state index is 0.394. The maximum Gasteiger partial charge on any atom is 0.0675 e. The number of hydrogen-bond acceptors (Lipinski definition) is 2. The molecule has 2 aliphatic carbocycles. The van der Waals surface area contributed by atoms with Crippen LogP contribution in [0.4, 0.5) is 0 Å². The van der Waals surface area contributed by atoms with Crippen LogP contribution < -0.4 is 5.32 Å².